The molecular weight excluding hydrogens is 510 g/mol. The van der Waals surface area contributed by atoms with E-state index in [9.17, 15) is 19.5 Å². The number of benzene rings is 2. The van der Waals surface area contributed by atoms with Gasteiger partial charge in [-0.25, -0.2) is 4.98 Å². The first-order chi connectivity index (χ1) is 18.9. The van der Waals surface area contributed by atoms with Gasteiger partial charge in [-0.1, -0.05) is 48.9 Å². The molecule has 3 aromatic rings. The Hall–Kier alpha value is -3.36. The predicted molar refractivity (Wildman–Crippen MR) is 149 cm³/mol. The molecular formula is C31H33N3O4S. The van der Waals surface area contributed by atoms with Crippen molar-refractivity contribution in [3.63, 3.8) is 0 Å². The molecule has 1 aromatic heterocycles. The van der Waals surface area contributed by atoms with Gasteiger partial charge in [0.25, 0.3) is 5.91 Å². The molecule has 2 fully saturated rings. The second-order valence-corrected chi connectivity index (χ2v) is 11.9. The van der Waals surface area contributed by atoms with Gasteiger partial charge in [0.05, 0.1) is 28.2 Å². The number of hydrogen-bond acceptors (Lipinski definition) is 6. The second kappa shape index (κ2) is 10.7. The Bertz CT molecular complexity index is 1400. The summed E-state index contributed by atoms with van der Waals surface area (Å²) in [6.07, 6.45) is 3.20. The zero-order chi connectivity index (χ0) is 27.1. The van der Waals surface area contributed by atoms with Crippen LogP contribution >= 0.6 is 11.3 Å². The van der Waals surface area contributed by atoms with Crippen molar-refractivity contribution < 1.29 is 19.5 Å². The second-order valence-electron chi connectivity index (χ2n) is 11.1. The van der Waals surface area contributed by atoms with E-state index in [-0.39, 0.29) is 36.5 Å². The normalized spacial score (nSPS) is 21.6. The van der Waals surface area contributed by atoms with Crippen LogP contribution in [0, 0.1) is 12.8 Å². The van der Waals surface area contributed by atoms with Crippen molar-refractivity contribution in [1.82, 2.24) is 14.8 Å². The number of carbonyl (C=O) groups is 3. The van der Waals surface area contributed by atoms with Crippen LogP contribution in [0.2, 0.25) is 0 Å². The van der Waals surface area contributed by atoms with Gasteiger partial charge in [0.15, 0.2) is 5.78 Å². The molecule has 1 saturated heterocycles. The van der Waals surface area contributed by atoms with Crippen molar-refractivity contribution in [2.45, 2.75) is 70.2 Å². The largest absolute Gasteiger partial charge is 0.391 e. The zero-order valence-electron chi connectivity index (χ0n) is 22.1. The number of fused-ring (bicyclic) bond motifs is 1. The highest BCUT2D eigenvalue weighted by Crippen LogP contribution is 2.38. The van der Waals surface area contributed by atoms with Crippen LogP contribution < -0.4 is 0 Å². The van der Waals surface area contributed by atoms with Crippen molar-refractivity contribution in [1.29, 1.82) is 0 Å². The molecule has 2 amide bonds. The lowest BCUT2D eigenvalue weighted by molar-refractivity contribution is -0.144. The van der Waals surface area contributed by atoms with Gasteiger partial charge in [0.2, 0.25) is 5.91 Å². The number of aliphatic hydroxyl groups is 1. The monoisotopic (exact) mass is 543 g/mol. The average molecular weight is 544 g/mol. The number of amides is 2. The van der Waals surface area contributed by atoms with E-state index < -0.39 is 18.2 Å². The Labute approximate surface area is 232 Å². The van der Waals surface area contributed by atoms with E-state index in [0.29, 0.717) is 24.9 Å². The molecule has 202 valence electrons. The molecule has 39 heavy (non-hydrogen) atoms. The Morgan fingerprint density at radius 1 is 1.13 bits per heavy atom. The SMILES string of the molecule is Cc1ncsc1-c1ccc(CCC(=O)[C@@H]2C[C@@H](O)CN2C(=O)C(C2CCC2)N2Cc3ccccc3C2=O)cc1. The predicted octanol–water partition coefficient (Wildman–Crippen LogP) is 4.41. The summed E-state index contributed by atoms with van der Waals surface area (Å²) in [7, 11) is 0. The van der Waals surface area contributed by atoms with Crippen LogP contribution in [0.25, 0.3) is 10.4 Å². The number of aromatic nitrogens is 1. The van der Waals surface area contributed by atoms with Gasteiger partial charge in [0, 0.05) is 31.5 Å². The van der Waals surface area contributed by atoms with Crippen LogP contribution in [-0.2, 0) is 22.6 Å². The molecule has 2 aromatic carbocycles. The molecule has 8 heteroatoms. The molecule has 2 aliphatic heterocycles. The quantitative estimate of drug-likeness (QED) is 0.455. The van der Waals surface area contributed by atoms with E-state index >= 15 is 0 Å². The Morgan fingerprint density at radius 3 is 2.56 bits per heavy atom. The van der Waals surface area contributed by atoms with E-state index in [1.165, 1.54) is 0 Å². The molecule has 1 unspecified atom stereocenters. The summed E-state index contributed by atoms with van der Waals surface area (Å²) < 4.78 is 0. The number of hydrogen-bond donors (Lipinski definition) is 1. The highest BCUT2D eigenvalue weighted by Gasteiger charge is 2.48. The number of likely N-dealkylation sites (tertiary alicyclic amines) is 1. The summed E-state index contributed by atoms with van der Waals surface area (Å²) >= 11 is 1.61. The summed E-state index contributed by atoms with van der Waals surface area (Å²) in [5, 5.41) is 10.5. The average Bonchev–Trinajstić information content (AvgIpc) is 3.61. The Morgan fingerprint density at radius 2 is 1.90 bits per heavy atom. The van der Waals surface area contributed by atoms with Crippen LogP contribution in [0.4, 0.5) is 0 Å². The number of rotatable bonds is 8. The fourth-order valence-corrected chi connectivity index (χ4v) is 7.03. The van der Waals surface area contributed by atoms with Gasteiger partial charge in [-0.05, 0) is 54.9 Å². The number of ketones is 1. The minimum absolute atomic E-state index is 0.0364. The molecule has 6 rings (SSSR count). The molecule has 0 radical (unpaired) electrons. The van der Waals surface area contributed by atoms with Crippen LogP contribution in [0.1, 0.15) is 59.3 Å². The topological polar surface area (TPSA) is 90.8 Å². The van der Waals surface area contributed by atoms with E-state index in [0.717, 1.165) is 46.5 Å². The number of aryl methyl sites for hydroxylation is 2. The fraction of sp³-hybridized carbons (Fsp3) is 0.419. The lowest BCUT2D eigenvalue weighted by Crippen LogP contribution is -2.56. The van der Waals surface area contributed by atoms with Gasteiger partial charge in [0.1, 0.15) is 6.04 Å². The van der Waals surface area contributed by atoms with Gasteiger partial charge < -0.3 is 14.9 Å². The van der Waals surface area contributed by atoms with Gasteiger partial charge >= 0.3 is 0 Å². The lowest BCUT2D eigenvalue weighted by Gasteiger charge is -2.41. The highest BCUT2D eigenvalue weighted by atomic mass is 32.1. The van der Waals surface area contributed by atoms with Crippen LogP contribution in [0.3, 0.4) is 0 Å². The van der Waals surface area contributed by atoms with Crippen LogP contribution in [0.15, 0.2) is 54.0 Å². The summed E-state index contributed by atoms with van der Waals surface area (Å²) in [5.74, 6) is -0.258. The third-order valence-electron chi connectivity index (χ3n) is 8.59. The minimum atomic E-state index is -0.738. The van der Waals surface area contributed by atoms with Crippen molar-refractivity contribution in [3.8, 4) is 10.4 Å². The molecule has 1 N–H and O–H groups in total. The summed E-state index contributed by atoms with van der Waals surface area (Å²) in [6, 6.07) is 14.5. The molecule has 1 aliphatic carbocycles. The van der Waals surface area contributed by atoms with E-state index in [1.54, 1.807) is 21.1 Å². The zero-order valence-corrected chi connectivity index (χ0v) is 22.9. The van der Waals surface area contributed by atoms with E-state index in [2.05, 4.69) is 17.1 Å². The summed E-state index contributed by atoms with van der Waals surface area (Å²) in [4.78, 5) is 49.5. The number of carbonyl (C=O) groups excluding carboxylic acids is 3. The fourth-order valence-electron chi connectivity index (χ4n) is 6.21. The summed E-state index contributed by atoms with van der Waals surface area (Å²) in [6.45, 7) is 2.54. The number of nitrogens with zero attached hydrogens (tertiary/aromatic N) is 3. The highest BCUT2D eigenvalue weighted by molar-refractivity contribution is 7.13. The molecule has 1 saturated carbocycles. The maximum Gasteiger partial charge on any atom is 0.255 e. The Kier molecular flexibility index (Phi) is 7.08. The van der Waals surface area contributed by atoms with Gasteiger partial charge in [-0.3, -0.25) is 14.4 Å². The van der Waals surface area contributed by atoms with E-state index in [4.69, 9.17) is 0 Å². The Balaban J connectivity index is 1.15. The van der Waals surface area contributed by atoms with Crippen LogP contribution in [-0.4, -0.2) is 62.2 Å². The smallest absolute Gasteiger partial charge is 0.255 e. The number of β-amino-alcohol motifs (C(OH)–C–C–N with tert-alkyl or cyclic N) is 1. The van der Waals surface area contributed by atoms with Crippen molar-refractivity contribution in [2.75, 3.05) is 6.54 Å². The first-order valence-corrected chi connectivity index (χ1v) is 14.7. The van der Waals surface area contributed by atoms with Crippen molar-refractivity contribution in [3.05, 3.63) is 76.4 Å². The molecule has 3 aliphatic rings. The van der Waals surface area contributed by atoms with Crippen molar-refractivity contribution in [2.24, 2.45) is 5.92 Å². The number of thiazole rings is 1. The van der Waals surface area contributed by atoms with Gasteiger partial charge in [-0.2, -0.15) is 0 Å². The van der Waals surface area contributed by atoms with E-state index in [1.807, 2.05) is 48.8 Å². The third kappa shape index (κ3) is 4.92. The third-order valence-corrected chi connectivity index (χ3v) is 9.57. The number of Topliss-reactive ketones (excluding diaryl/α,β-unsaturated/α-hetero) is 1. The summed E-state index contributed by atoms with van der Waals surface area (Å²) in [5.41, 5.74) is 6.60. The molecule has 3 heterocycles. The molecule has 3 atom stereocenters. The van der Waals surface area contributed by atoms with Crippen LogP contribution in [0.5, 0.6) is 0 Å². The number of aliphatic hydroxyl groups excluding tert-OH is 1. The first-order valence-electron chi connectivity index (χ1n) is 13.8. The lowest BCUT2D eigenvalue weighted by atomic mass is 9.78. The van der Waals surface area contributed by atoms with Gasteiger partial charge in [-0.15, -0.1) is 11.3 Å². The standard InChI is InChI=1S/C31H33N3O4S/c1-19-29(39-18-32-19)22-12-9-20(10-13-22)11-14-27(36)26-15-24(35)17-33(26)31(38)28(21-6-4-7-21)34-16-23-5-2-3-8-25(23)30(34)37/h2-3,5,8-10,12-13,18,21,24,26,28,35H,4,6-7,11,14-17H2,1H3/t24-,26+,28?/m1/s1. The first kappa shape index (κ1) is 25.9. The molecule has 0 bridgehead atoms. The van der Waals surface area contributed by atoms with Crippen molar-refractivity contribution >= 4 is 28.9 Å². The maximum absolute atomic E-state index is 14.0. The molecule has 0 spiro atoms. The minimum Gasteiger partial charge on any atom is -0.391 e. The molecule has 7 nitrogen and oxygen atoms in total. The maximum atomic E-state index is 14.0.